The van der Waals surface area contributed by atoms with Gasteiger partial charge < -0.3 is 14.7 Å². The minimum Gasteiger partial charge on any atom is -0.480 e. The molecule has 0 aliphatic carbocycles. The lowest BCUT2D eigenvalue weighted by Crippen LogP contribution is -2.51. The quantitative estimate of drug-likeness (QED) is 0.848. The standard InChI is InChI=1S/C18H22N4O4/c1-2-26-18(25)22-10-8-21(9-11-22)16(17(23)24)14-5-3-4-13(12-14)15-6-7-19-20-15/h3-7,12,16H,2,8-11H2,1H3,(H,19,20)(H,23,24)/t16-/m1/s1. The topological polar surface area (TPSA) is 98.8 Å². The van der Waals surface area contributed by atoms with Crippen molar-refractivity contribution in [3.63, 3.8) is 0 Å². The van der Waals surface area contributed by atoms with E-state index in [4.69, 9.17) is 4.74 Å². The normalized spacial score (nSPS) is 16.3. The number of aliphatic carboxylic acids is 1. The highest BCUT2D eigenvalue weighted by Crippen LogP contribution is 2.26. The fraction of sp³-hybridized carbons (Fsp3) is 0.389. The molecule has 0 radical (unpaired) electrons. The molecule has 1 fully saturated rings. The Labute approximate surface area is 151 Å². The van der Waals surface area contributed by atoms with E-state index in [0.29, 0.717) is 38.3 Å². The lowest BCUT2D eigenvalue weighted by Gasteiger charge is -2.37. The molecule has 0 spiro atoms. The molecule has 26 heavy (non-hydrogen) atoms. The van der Waals surface area contributed by atoms with Crippen LogP contribution in [0.25, 0.3) is 11.3 Å². The van der Waals surface area contributed by atoms with E-state index in [1.54, 1.807) is 18.0 Å². The van der Waals surface area contributed by atoms with Crippen LogP contribution in [0.4, 0.5) is 4.79 Å². The molecule has 2 N–H and O–H groups in total. The van der Waals surface area contributed by atoms with Gasteiger partial charge in [-0.1, -0.05) is 18.2 Å². The Morgan fingerprint density at radius 2 is 2.04 bits per heavy atom. The predicted molar refractivity (Wildman–Crippen MR) is 94.6 cm³/mol. The molecule has 2 heterocycles. The number of carboxylic acid groups (broad SMARTS) is 1. The summed E-state index contributed by atoms with van der Waals surface area (Å²) in [6, 6.07) is 8.51. The van der Waals surface area contributed by atoms with Crippen LogP contribution in [0.3, 0.4) is 0 Å². The average molecular weight is 358 g/mol. The number of carbonyl (C=O) groups is 2. The number of rotatable bonds is 5. The summed E-state index contributed by atoms with van der Waals surface area (Å²) in [5.41, 5.74) is 2.42. The van der Waals surface area contributed by atoms with Crippen molar-refractivity contribution in [3.8, 4) is 11.3 Å². The van der Waals surface area contributed by atoms with E-state index in [0.717, 1.165) is 11.3 Å². The third-order valence-electron chi connectivity index (χ3n) is 4.45. The molecule has 0 saturated carbocycles. The first kappa shape index (κ1) is 17.9. The first-order chi connectivity index (χ1) is 12.6. The van der Waals surface area contributed by atoms with Gasteiger partial charge in [0.25, 0.3) is 0 Å². The van der Waals surface area contributed by atoms with Gasteiger partial charge >= 0.3 is 12.1 Å². The van der Waals surface area contributed by atoms with E-state index < -0.39 is 12.0 Å². The van der Waals surface area contributed by atoms with Gasteiger partial charge in [-0.3, -0.25) is 14.8 Å². The van der Waals surface area contributed by atoms with E-state index in [-0.39, 0.29) is 6.09 Å². The molecule has 2 aromatic rings. The molecule has 8 heteroatoms. The second kappa shape index (κ2) is 8.01. The minimum atomic E-state index is -0.906. The van der Waals surface area contributed by atoms with E-state index in [2.05, 4.69) is 10.2 Å². The van der Waals surface area contributed by atoms with Gasteiger partial charge in [-0.15, -0.1) is 0 Å². The second-order valence-corrected chi connectivity index (χ2v) is 6.06. The first-order valence-corrected chi connectivity index (χ1v) is 8.58. The number of hydrogen-bond acceptors (Lipinski definition) is 5. The number of amides is 1. The zero-order chi connectivity index (χ0) is 18.5. The van der Waals surface area contributed by atoms with Crippen LogP contribution in [0.5, 0.6) is 0 Å². The van der Waals surface area contributed by atoms with Crippen molar-refractivity contribution < 1.29 is 19.4 Å². The number of nitrogens with one attached hydrogen (secondary N) is 1. The number of carbonyl (C=O) groups excluding carboxylic acids is 1. The molecule has 1 aliphatic heterocycles. The number of hydrogen-bond donors (Lipinski definition) is 2. The molecule has 1 atom stereocenters. The summed E-state index contributed by atoms with van der Waals surface area (Å²) in [5, 5.41) is 16.6. The largest absolute Gasteiger partial charge is 0.480 e. The highest BCUT2D eigenvalue weighted by Gasteiger charge is 2.32. The number of nitrogens with zero attached hydrogens (tertiary/aromatic N) is 3. The number of H-pyrrole nitrogens is 1. The van der Waals surface area contributed by atoms with Crippen LogP contribution in [-0.2, 0) is 9.53 Å². The smallest absolute Gasteiger partial charge is 0.409 e. The number of benzene rings is 1. The molecule has 1 amide bonds. The van der Waals surface area contributed by atoms with Crippen LogP contribution in [0.2, 0.25) is 0 Å². The average Bonchev–Trinajstić information content (AvgIpc) is 3.17. The molecular formula is C18H22N4O4. The Hall–Kier alpha value is -2.87. The summed E-state index contributed by atoms with van der Waals surface area (Å²) in [4.78, 5) is 27.3. The minimum absolute atomic E-state index is 0.331. The van der Waals surface area contributed by atoms with Gasteiger partial charge in [0.1, 0.15) is 6.04 Å². The Morgan fingerprint density at radius 1 is 1.27 bits per heavy atom. The third-order valence-corrected chi connectivity index (χ3v) is 4.45. The molecule has 0 bridgehead atoms. The Kier molecular flexibility index (Phi) is 5.52. The van der Waals surface area contributed by atoms with Gasteiger partial charge in [0.15, 0.2) is 0 Å². The van der Waals surface area contributed by atoms with Crippen molar-refractivity contribution in [2.24, 2.45) is 0 Å². The molecule has 1 saturated heterocycles. The lowest BCUT2D eigenvalue weighted by atomic mass is 10.0. The van der Waals surface area contributed by atoms with E-state index in [1.165, 1.54) is 0 Å². The highest BCUT2D eigenvalue weighted by atomic mass is 16.6. The number of piperazine rings is 1. The predicted octanol–water partition coefficient (Wildman–Crippen LogP) is 1.98. The molecule has 8 nitrogen and oxygen atoms in total. The van der Waals surface area contributed by atoms with Crippen molar-refractivity contribution >= 4 is 12.1 Å². The highest BCUT2D eigenvalue weighted by molar-refractivity contribution is 5.76. The molecule has 1 aromatic heterocycles. The van der Waals surface area contributed by atoms with Crippen molar-refractivity contribution in [1.82, 2.24) is 20.0 Å². The molecular weight excluding hydrogens is 336 g/mol. The summed E-state index contributed by atoms with van der Waals surface area (Å²) in [6.07, 6.45) is 1.31. The van der Waals surface area contributed by atoms with Gasteiger partial charge in [0.2, 0.25) is 0 Å². The summed E-state index contributed by atoms with van der Waals surface area (Å²) in [6.45, 7) is 3.94. The Balaban J connectivity index is 1.76. The fourth-order valence-corrected chi connectivity index (χ4v) is 3.18. The van der Waals surface area contributed by atoms with Gasteiger partial charge in [0.05, 0.1) is 12.3 Å². The van der Waals surface area contributed by atoms with Crippen LogP contribution in [0.15, 0.2) is 36.5 Å². The summed E-state index contributed by atoms with van der Waals surface area (Å²) < 4.78 is 5.01. The van der Waals surface area contributed by atoms with Gasteiger partial charge in [0, 0.05) is 32.4 Å². The first-order valence-electron chi connectivity index (χ1n) is 8.58. The van der Waals surface area contributed by atoms with Crippen LogP contribution in [-0.4, -0.2) is 70.0 Å². The van der Waals surface area contributed by atoms with Crippen molar-refractivity contribution in [2.75, 3.05) is 32.8 Å². The second-order valence-electron chi connectivity index (χ2n) is 6.06. The maximum atomic E-state index is 11.9. The summed E-state index contributed by atoms with van der Waals surface area (Å²) in [7, 11) is 0. The van der Waals surface area contributed by atoms with Crippen LogP contribution in [0.1, 0.15) is 18.5 Å². The van der Waals surface area contributed by atoms with Crippen molar-refractivity contribution in [2.45, 2.75) is 13.0 Å². The molecule has 1 aromatic carbocycles. The van der Waals surface area contributed by atoms with Gasteiger partial charge in [-0.25, -0.2) is 4.79 Å². The van der Waals surface area contributed by atoms with Crippen molar-refractivity contribution in [1.29, 1.82) is 0 Å². The van der Waals surface area contributed by atoms with Crippen LogP contribution in [0, 0.1) is 0 Å². The Morgan fingerprint density at radius 3 is 2.65 bits per heavy atom. The fourth-order valence-electron chi connectivity index (χ4n) is 3.18. The number of carboxylic acids is 1. The van der Waals surface area contributed by atoms with Crippen molar-refractivity contribution in [3.05, 3.63) is 42.1 Å². The molecule has 0 unspecified atom stereocenters. The van der Waals surface area contributed by atoms with Crippen LogP contribution < -0.4 is 0 Å². The zero-order valence-electron chi connectivity index (χ0n) is 14.6. The number of ether oxygens (including phenoxy) is 1. The number of aromatic nitrogens is 2. The third kappa shape index (κ3) is 3.85. The number of aromatic amines is 1. The van der Waals surface area contributed by atoms with Gasteiger partial charge in [-0.05, 0) is 30.2 Å². The summed E-state index contributed by atoms with van der Waals surface area (Å²) >= 11 is 0. The molecule has 3 rings (SSSR count). The SMILES string of the molecule is CCOC(=O)N1CCN([C@@H](C(=O)O)c2cccc(-c3ccn[nH]3)c2)CC1. The van der Waals surface area contributed by atoms with E-state index >= 15 is 0 Å². The van der Waals surface area contributed by atoms with E-state index in [1.807, 2.05) is 35.2 Å². The maximum absolute atomic E-state index is 11.9. The molecule has 1 aliphatic rings. The van der Waals surface area contributed by atoms with E-state index in [9.17, 15) is 14.7 Å². The molecule has 138 valence electrons. The Bertz CT molecular complexity index is 754. The maximum Gasteiger partial charge on any atom is 0.409 e. The lowest BCUT2D eigenvalue weighted by molar-refractivity contribution is -0.144. The van der Waals surface area contributed by atoms with Gasteiger partial charge in [-0.2, -0.15) is 5.10 Å². The monoisotopic (exact) mass is 358 g/mol. The summed E-state index contributed by atoms with van der Waals surface area (Å²) in [5.74, 6) is -0.906. The van der Waals surface area contributed by atoms with Crippen LogP contribution >= 0.6 is 0 Å². The zero-order valence-corrected chi connectivity index (χ0v) is 14.6.